The van der Waals surface area contributed by atoms with Gasteiger partial charge in [0, 0.05) is 18.9 Å². The number of nitrogens with zero attached hydrogens (tertiary/aromatic N) is 3. The summed E-state index contributed by atoms with van der Waals surface area (Å²) in [5.41, 5.74) is 0.131. The zero-order valence-electron chi connectivity index (χ0n) is 30.8. The summed E-state index contributed by atoms with van der Waals surface area (Å²) in [5, 5.41) is 11.2. The van der Waals surface area contributed by atoms with Gasteiger partial charge in [0.1, 0.15) is 23.8 Å². The summed E-state index contributed by atoms with van der Waals surface area (Å²) in [7, 11) is 0. The number of hydrogen-bond donors (Lipinski definition) is 4. The van der Waals surface area contributed by atoms with Crippen LogP contribution in [-0.2, 0) is 24.0 Å². The van der Waals surface area contributed by atoms with E-state index < -0.39 is 70.9 Å². The standard InChI is InChI=1S/C38H53N7O6/c1-8-13-27(31(46)36(50)41-23(4)24-14-10-9-11-15-24)42-35(49)30-26-17-12-16-25(26)21-45(30)37(51)32(38(5,6)7)44-34(48)29(22(2)3)43-33(47)28-20-39-18-19-40-28/h9-11,14-15,18-20,22-23,25-27,29-30,32H,8,12-13,16-17,21H2,1-7H3,(H,41,50)(H,42,49)(H,43,47)(H,44,48)/t23-,25-,26-,27?,29+,30-,32+/m0/s1. The van der Waals surface area contributed by atoms with Crippen molar-refractivity contribution in [3.63, 3.8) is 0 Å². The van der Waals surface area contributed by atoms with Gasteiger partial charge in [0.25, 0.3) is 11.8 Å². The lowest BCUT2D eigenvalue weighted by Crippen LogP contribution is -2.62. The molecule has 2 aromatic rings. The Labute approximate surface area is 300 Å². The molecule has 1 aliphatic heterocycles. The molecule has 51 heavy (non-hydrogen) atoms. The maximum atomic E-state index is 14.5. The highest BCUT2D eigenvalue weighted by Crippen LogP contribution is 2.43. The smallest absolute Gasteiger partial charge is 0.290 e. The summed E-state index contributed by atoms with van der Waals surface area (Å²) in [4.78, 5) is 91.4. The number of benzene rings is 1. The molecule has 2 fully saturated rings. The molecule has 0 spiro atoms. The number of rotatable bonds is 14. The van der Waals surface area contributed by atoms with Crippen LogP contribution in [0.2, 0.25) is 0 Å². The van der Waals surface area contributed by atoms with E-state index in [0.29, 0.717) is 13.0 Å². The van der Waals surface area contributed by atoms with E-state index in [0.717, 1.165) is 24.8 Å². The molecule has 2 aliphatic rings. The molecule has 1 aromatic carbocycles. The quantitative estimate of drug-likeness (QED) is 0.217. The number of aromatic nitrogens is 2. The van der Waals surface area contributed by atoms with Gasteiger partial charge in [-0.2, -0.15) is 0 Å². The predicted molar refractivity (Wildman–Crippen MR) is 191 cm³/mol. The van der Waals surface area contributed by atoms with E-state index in [4.69, 9.17) is 0 Å². The van der Waals surface area contributed by atoms with Crippen molar-refractivity contribution in [3.8, 4) is 0 Å². The van der Waals surface area contributed by atoms with Crippen molar-refractivity contribution in [2.45, 2.75) is 111 Å². The van der Waals surface area contributed by atoms with Crippen LogP contribution in [0.1, 0.15) is 103 Å². The molecule has 2 heterocycles. The molecule has 1 unspecified atom stereocenters. The number of fused-ring (bicyclic) bond motifs is 1. The molecule has 0 bridgehead atoms. The van der Waals surface area contributed by atoms with Crippen LogP contribution in [-0.4, -0.2) is 80.9 Å². The number of carbonyl (C=O) groups is 6. The second-order valence-electron chi connectivity index (χ2n) is 15.2. The third-order valence-electron chi connectivity index (χ3n) is 9.95. The minimum atomic E-state index is -1.06. The van der Waals surface area contributed by atoms with Crippen LogP contribution < -0.4 is 21.3 Å². The summed E-state index contributed by atoms with van der Waals surface area (Å²) in [6.07, 6.45) is 7.43. The Kier molecular flexibility index (Phi) is 13.1. The zero-order chi connectivity index (χ0) is 37.5. The number of nitrogens with one attached hydrogen (secondary N) is 4. The minimum Gasteiger partial charge on any atom is -0.344 e. The lowest BCUT2D eigenvalue weighted by molar-refractivity contribution is -0.146. The van der Waals surface area contributed by atoms with Gasteiger partial charge in [0.2, 0.25) is 23.5 Å². The van der Waals surface area contributed by atoms with E-state index in [2.05, 4.69) is 31.2 Å². The first kappa shape index (κ1) is 39.1. The molecular weight excluding hydrogens is 650 g/mol. The van der Waals surface area contributed by atoms with Gasteiger partial charge in [-0.05, 0) is 54.9 Å². The first-order chi connectivity index (χ1) is 24.1. The number of ketones is 1. The van der Waals surface area contributed by atoms with Crippen LogP contribution in [0.15, 0.2) is 48.9 Å². The van der Waals surface area contributed by atoms with Gasteiger partial charge in [-0.25, -0.2) is 4.98 Å². The van der Waals surface area contributed by atoms with Crippen molar-refractivity contribution in [3.05, 3.63) is 60.2 Å². The van der Waals surface area contributed by atoms with Gasteiger partial charge in [0.15, 0.2) is 0 Å². The van der Waals surface area contributed by atoms with Crippen molar-refractivity contribution < 1.29 is 28.8 Å². The maximum absolute atomic E-state index is 14.5. The summed E-state index contributed by atoms with van der Waals surface area (Å²) in [5.74, 6) is -3.90. The Morgan fingerprint density at radius 1 is 0.922 bits per heavy atom. The molecule has 1 saturated carbocycles. The summed E-state index contributed by atoms with van der Waals surface area (Å²) < 4.78 is 0. The Bertz CT molecular complexity index is 1560. The molecule has 1 aliphatic carbocycles. The fourth-order valence-corrected chi connectivity index (χ4v) is 7.15. The average molecular weight is 704 g/mol. The van der Waals surface area contributed by atoms with Crippen LogP contribution in [0.5, 0.6) is 0 Å². The van der Waals surface area contributed by atoms with E-state index in [1.807, 2.05) is 58.0 Å². The van der Waals surface area contributed by atoms with E-state index in [1.165, 1.54) is 18.6 Å². The van der Waals surface area contributed by atoms with Gasteiger partial charge in [-0.15, -0.1) is 0 Å². The lowest BCUT2D eigenvalue weighted by Gasteiger charge is -2.37. The van der Waals surface area contributed by atoms with Crippen LogP contribution in [0.4, 0.5) is 0 Å². The van der Waals surface area contributed by atoms with Gasteiger partial charge in [0.05, 0.1) is 18.3 Å². The Hall–Kier alpha value is -4.68. The second-order valence-corrected chi connectivity index (χ2v) is 15.2. The fourth-order valence-electron chi connectivity index (χ4n) is 7.15. The topological polar surface area (TPSA) is 180 Å². The van der Waals surface area contributed by atoms with Gasteiger partial charge >= 0.3 is 0 Å². The number of likely N-dealkylation sites (tertiary alicyclic amines) is 1. The molecule has 4 rings (SSSR count). The van der Waals surface area contributed by atoms with Crippen LogP contribution >= 0.6 is 0 Å². The minimum absolute atomic E-state index is 0.0555. The monoisotopic (exact) mass is 703 g/mol. The number of hydrogen-bond acceptors (Lipinski definition) is 8. The van der Waals surface area contributed by atoms with E-state index in [-0.39, 0.29) is 29.9 Å². The van der Waals surface area contributed by atoms with Gasteiger partial charge < -0.3 is 26.2 Å². The van der Waals surface area contributed by atoms with Crippen LogP contribution in [0.25, 0.3) is 0 Å². The lowest BCUT2D eigenvalue weighted by atomic mass is 9.85. The highest BCUT2D eigenvalue weighted by atomic mass is 16.2. The van der Waals surface area contributed by atoms with Crippen LogP contribution in [0.3, 0.4) is 0 Å². The normalized spacial score (nSPS) is 20.8. The highest BCUT2D eigenvalue weighted by Gasteiger charge is 2.52. The molecule has 7 atom stereocenters. The largest absolute Gasteiger partial charge is 0.344 e. The van der Waals surface area contributed by atoms with Crippen molar-refractivity contribution in [2.24, 2.45) is 23.2 Å². The van der Waals surface area contributed by atoms with Crippen molar-refractivity contribution in [1.29, 1.82) is 0 Å². The number of carbonyl (C=O) groups excluding carboxylic acids is 6. The molecule has 13 nitrogen and oxygen atoms in total. The van der Waals surface area contributed by atoms with E-state index in [1.54, 1.807) is 25.7 Å². The van der Waals surface area contributed by atoms with Crippen molar-refractivity contribution >= 4 is 35.3 Å². The molecule has 0 radical (unpaired) electrons. The number of Topliss-reactive ketones (excluding diaryl/α,β-unsaturated/α-hetero) is 1. The first-order valence-corrected chi connectivity index (χ1v) is 18.0. The van der Waals surface area contributed by atoms with Crippen LogP contribution in [0, 0.1) is 23.2 Å². The molecule has 4 N–H and O–H groups in total. The van der Waals surface area contributed by atoms with Crippen molar-refractivity contribution in [2.75, 3.05) is 6.54 Å². The molecule has 1 aromatic heterocycles. The summed E-state index contributed by atoms with van der Waals surface area (Å²) in [6, 6.07) is 4.91. The molecule has 1 saturated heterocycles. The summed E-state index contributed by atoms with van der Waals surface area (Å²) >= 11 is 0. The SMILES string of the molecule is CCCC(NC(=O)[C@@H]1[C@H]2CCC[C@H]2CN1C(=O)[C@@H](NC(=O)[C@H](NC(=O)c1cnccn1)C(C)C)C(C)(C)C)C(=O)C(=O)N[C@@H](C)c1ccccc1. The third-order valence-corrected chi connectivity index (χ3v) is 9.95. The first-order valence-electron chi connectivity index (χ1n) is 18.0. The molecule has 276 valence electrons. The van der Waals surface area contributed by atoms with Crippen molar-refractivity contribution in [1.82, 2.24) is 36.1 Å². The maximum Gasteiger partial charge on any atom is 0.290 e. The van der Waals surface area contributed by atoms with Gasteiger partial charge in [-0.3, -0.25) is 33.8 Å². The molecule has 5 amide bonds. The summed E-state index contributed by atoms with van der Waals surface area (Å²) in [6.45, 7) is 13.0. The highest BCUT2D eigenvalue weighted by molar-refractivity contribution is 6.38. The number of amides is 5. The zero-order valence-corrected chi connectivity index (χ0v) is 30.8. The third kappa shape index (κ3) is 9.56. The second kappa shape index (κ2) is 17.0. The fraction of sp³-hybridized carbons (Fsp3) is 0.579. The Balaban J connectivity index is 1.52. The van der Waals surface area contributed by atoms with Gasteiger partial charge in [-0.1, -0.05) is 84.7 Å². The Morgan fingerprint density at radius 3 is 2.24 bits per heavy atom. The van der Waals surface area contributed by atoms with E-state index >= 15 is 0 Å². The Morgan fingerprint density at radius 2 is 1.63 bits per heavy atom. The molecular formula is C38H53N7O6. The molecule has 13 heteroatoms. The average Bonchev–Trinajstić information content (AvgIpc) is 3.70. The predicted octanol–water partition coefficient (Wildman–Crippen LogP) is 3.12. The van der Waals surface area contributed by atoms with E-state index in [9.17, 15) is 28.8 Å².